The summed E-state index contributed by atoms with van der Waals surface area (Å²) in [6, 6.07) is 22.8. The van der Waals surface area contributed by atoms with Gasteiger partial charge in [0.1, 0.15) is 5.54 Å². The Morgan fingerprint density at radius 1 is 0.840 bits per heavy atom. The molecule has 0 spiro atoms. The van der Waals surface area contributed by atoms with Crippen LogP contribution in [0.5, 0.6) is 11.5 Å². The number of hydrogen-bond donors (Lipinski definition) is 0. The smallest absolute Gasteiger partial charge is 0.231 e. The predicted octanol–water partition coefficient (Wildman–Crippen LogP) is 4.90. The van der Waals surface area contributed by atoms with E-state index in [1.165, 1.54) is 5.56 Å². The third-order valence-electron chi connectivity index (χ3n) is 4.78. The summed E-state index contributed by atoms with van der Waals surface area (Å²) < 4.78 is 12.1. The van der Waals surface area contributed by atoms with Crippen molar-refractivity contribution in [3.63, 3.8) is 0 Å². The van der Waals surface area contributed by atoms with Crippen LogP contribution in [0.2, 0.25) is 0 Å². The van der Waals surface area contributed by atoms with Crippen LogP contribution in [-0.4, -0.2) is 13.0 Å². The molecule has 4 heteroatoms. The van der Waals surface area contributed by atoms with E-state index < -0.39 is 5.54 Å². The number of aliphatic imine (C=N–C) groups is 1. The minimum Gasteiger partial charge on any atom is -0.454 e. The highest BCUT2D eigenvalue weighted by Crippen LogP contribution is 2.47. The van der Waals surface area contributed by atoms with E-state index in [9.17, 15) is 0 Å². The summed E-state index contributed by atoms with van der Waals surface area (Å²) >= 11 is 3.60. The van der Waals surface area contributed by atoms with Gasteiger partial charge in [0.15, 0.2) is 11.5 Å². The van der Waals surface area contributed by atoms with Gasteiger partial charge in [-0.25, -0.2) is 0 Å². The Bertz CT molecular complexity index is 1010. The van der Waals surface area contributed by atoms with E-state index in [2.05, 4.69) is 52.3 Å². The van der Waals surface area contributed by atoms with Gasteiger partial charge in [-0.05, 0) is 46.5 Å². The van der Waals surface area contributed by atoms with E-state index >= 15 is 0 Å². The van der Waals surface area contributed by atoms with Gasteiger partial charge in [-0.2, -0.15) is 0 Å². The predicted molar refractivity (Wildman–Crippen MR) is 101 cm³/mol. The zero-order valence-electron chi connectivity index (χ0n) is 13.3. The van der Waals surface area contributed by atoms with Crippen LogP contribution >= 0.6 is 15.9 Å². The second-order valence-corrected chi connectivity index (χ2v) is 7.05. The number of fused-ring (bicyclic) bond motifs is 2. The van der Waals surface area contributed by atoms with Crippen molar-refractivity contribution in [2.45, 2.75) is 5.54 Å². The van der Waals surface area contributed by atoms with Crippen molar-refractivity contribution in [2.24, 2.45) is 4.99 Å². The van der Waals surface area contributed by atoms with Crippen molar-refractivity contribution in [3.8, 4) is 11.5 Å². The monoisotopic (exact) mass is 391 g/mol. The lowest BCUT2D eigenvalue weighted by atomic mass is 9.77. The maximum Gasteiger partial charge on any atom is 0.231 e. The van der Waals surface area contributed by atoms with E-state index in [4.69, 9.17) is 14.5 Å². The van der Waals surface area contributed by atoms with Gasteiger partial charge in [-0.3, -0.25) is 4.99 Å². The molecule has 2 aliphatic heterocycles. The number of rotatable bonds is 2. The van der Waals surface area contributed by atoms with Crippen molar-refractivity contribution in [1.82, 2.24) is 0 Å². The molecule has 0 aromatic heterocycles. The highest BCUT2D eigenvalue weighted by molar-refractivity contribution is 9.10. The fraction of sp³-hybridized carbons (Fsp3) is 0.0952. The fourth-order valence-electron chi connectivity index (χ4n) is 3.64. The van der Waals surface area contributed by atoms with Gasteiger partial charge in [0.2, 0.25) is 6.79 Å². The Labute approximate surface area is 154 Å². The summed E-state index contributed by atoms with van der Waals surface area (Å²) in [6.07, 6.45) is 1.96. The van der Waals surface area contributed by atoms with Crippen LogP contribution < -0.4 is 9.47 Å². The third-order valence-corrected chi connectivity index (χ3v) is 5.27. The molecule has 0 amide bonds. The zero-order chi connectivity index (χ0) is 16.9. The summed E-state index contributed by atoms with van der Waals surface area (Å²) in [5.74, 6) is 1.55. The molecule has 3 nitrogen and oxygen atoms in total. The van der Waals surface area contributed by atoms with Crippen LogP contribution in [0.1, 0.15) is 22.3 Å². The molecule has 3 aromatic carbocycles. The van der Waals surface area contributed by atoms with E-state index in [0.717, 1.165) is 32.7 Å². The largest absolute Gasteiger partial charge is 0.454 e. The molecule has 3 aromatic rings. The Morgan fingerprint density at radius 3 is 2.60 bits per heavy atom. The summed E-state index contributed by atoms with van der Waals surface area (Å²) in [4.78, 5) is 5.00. The maximum atomic E-state index is 5.61. The van der Waals surface area contributed by atoms with Crippen molar-refractivity contribution in [1.29, 1.82) is 0 Å². The molecule has 1 atom stereocenters. The van der Waals surface area contributed by atoms with Crippen molar-refractivity contribution in [2.75, 3.05) is 6.79 Å². The van der Waals surface area contributed by atoms with Crippen LogP contribution in [-0.2, 0) is 5.54 Å². The fourth-order valence-corrected chi connectivity index (χ4v) is 4.04. The van der Waals surface area contributed by atoms with Crippen LogP contribution in [0, 0.1) is 0 Å². The minimum atomic E-state index is -0.582. The number of halogens is 1. The van der Waals surface area contributed by atoms with Gasteiger partial charge in [0.05, 0.1) is 0 Å². The SMILES string of the molecule is Brc1cccc(C2(c3ccc4c(c3)OCO4)N=Cc3ccccc32)c1. The molecule has 0 bridgehead atoms. The maximum absolute atomic E-state index is 5.61. The van der Waals surface area contributed by atoms with Crippen LogP contribution in [0.25, 0.3) is 0 Å². The molecule has 25 heavy (non-hydrogen) atoms. The van der Waals surface area contributed by atoms with Gasteiger partial charge >= 0.3 is 0 Å². The molecule has 5 rings (SSSR count). The van der Waals surface area contributed by atoms with Gasteiger partial charge < -0.3 is 9.47 Å². The van der Waals surface area contributed by atoms with E-state index in [1.54, 1.807) is 0 Å². The van der Waals surface area contributed by atoms with E-state index in [1.807, 2.05) is 36.5 Å². The Hall–Kier alpha value is -2.59. The number of benzene rings is 3. The first kappa shape index (κ1) is 14.7. The number of hydrogen-bond acceptors (Lipinski definition) is 3. The lowest BCUT2D eigenvalue weighted by Gasteiger charge is -2.29. The molecule has 0 N–H and O–H groups in total. The minimum absolute atomic E-state index is 0.266. The summed E-state index contributed by atoms with van der Waals surface area (Å²) in [5, 5.41) is 0. The van der Waals surface area contributed by atoms with Gasteiger partial charge in [-0.15, -0.1) is 0 Å². The molecule has 0 aliphatic carbocycles. The molecular formula is C21H14BrNO2. The number of ether oxygens (including phenoxy) is 2. The van der Waals surface area contributed by atoms with Crippen molar-refractivity contribution >= 4 is 22.1 Å². The average molecular weight is 392 g/mol. The van der Waals surface area contributed by atoms with Gasteiger partial charge in [0, 0.05) is 10.7 Å². The quantitative estimate of drug-likeness (QED) is 0.621. The second kappa shape index (κ2) is 5.46. The second-order valence-electron chi connectivity index (χ2n) is 6.13. The Balaban J connectivity index is 1.80. The first-order chi connectivity index (χ1) is 12.3. The van der Waals surface area contributed by atoms with E-state index in [0.29, 0.717) is 0 Å². The average Bonchev–Trinajstić information content (AvgIpc) is 3.26. The van der Waals surface area contributed by atoms with Crippen LogP contribution in [0.3, 0.4) is 0 Å². The molecule has 0 saturated heterocycles. The highest BCUT2D eigenvalue weighted by atomic mass is 79.9. The summed E-state index contributed by atoms with van der Waals surface area (Å²) in [5.41, 5.74) is 3.91. The van der Waals surface area contributed by atoms with Gasteiger partial charge in [0.25, 0.3) is 0 Å². The highest BCUT2D eigenvalue weighted by Gasteiger charge is 2.41. The topological polar surface area (TPSA) is 30.8 Å². The zero-order valence-corrected chi connectivity index (χ0v) is 14.9. The Morgan fingerprint density at radius 2 is 1.68 bits per heavy atom. The first-order valence-electron chi connectivity index (χ1n) is 8.08. The summed E-state index contributed by atoms with van der Waals surface area (Å²) in [6.45, 7) is 0.266. The molecule has 0 radical (unpaired) electrons. The van der Waals surface area contributed by atoms with E-state index in [-0.39, 0.29) is 6.79 Å². The molecule has 0 saturated carbocycles. The molecular weight excluding hydrogens is 378 g/mol. The standard InChI is InChI=1S/C21H14BrNO2/c22-17-6-3-5-15(10-17)21(18-7-2-1-4-14(18)12-23-21)16-8-9-19-20(11-16)25-13-24-19/h1-12H,13H2. The Kier molecular flexibility index (Phi) is 3.22. The summed E-state index contributed by atoms with van der Waals surface area (Å²) in [7, 11) is 0. The third kappa shape index (κ3) is 2.14. The first-order valence-corrected chi connectivity index (χ1v) is 8.87. The van der Waals surface area contributed by atoms with Crippen LogP contribution in [0.15, 0.2) is 76.2 Å². The normalized spacial score (nSPS) is 19.9. The number of nitrogens with zero attached hydrogens (tertiary/aromatic N) is 1. The lowest BCUT2D eigenvalue weighted by molar-refractivity contribution is 0.174. The van der Waals surface area contributed by atoms with Crippen molar-refractivity contribution < 1.29 is 9.47 Å². The lowest BCUT2D eigenvalue weighted by Crippen LogP contribution is -2.25. The molecule has 0 fully saturated rings. The van der Waals surface area contributed by atoms with Crippen molar-refractivity contribution in [3.05, 3.63) is 93.5 Å². The molecule has 1 unspecified atom stereocenters. The van der Waals surface area contributed by atoms with Gasteiger partial charge in [-0.1, -0.05) is 58.4 Å². The molecule has 2 aliphatic rings. The molecule has 122 valence electrons. The molecule has 2 heterocycles. The van der Waals surface area contributed by atoms with Crippen LogP contribution in [0.4, 0.5) is 0 Å².